The first-order valence-corrected chi connectivity index (χ1v) is 6.38. The standard InChI is InChI=1S/C10H14N2O3S/c1-2-7-11-16(14,15)12-10-5-3-9(8-13)4-6-10/h3-6,8,11-12H,2,7H2,1H3. The summed E-state index contributed by atoms with van der Waals surface area (Å²) < 4.78 is 27.6. The van der Waals surface area contributed by atoms with Crippen LogP contribution in [0.1, 0.15) is 23.7 Å². The molecular formula is C10H14N2O3S. The fraction of sp³-hybridized carbons (Fsp3) is 0.300. The highest BCUT2D eigenvalue weighted by atomic mass is 32.2. The summed E-state index contributed by atoms with van der Waals surface area (Å²) in [6.07, 6.45) is 1.43. The van der Waals surface area contributed by atoms with Crippen LogP contribution in [0.5, 0.6) is 0 Å². The van der Waals surface area contributed by atoms with E-state index in [1.165, 1.54) is 12.1 Å². The lowest BCUT2D eigenvalue weighted by atomic mass is 10.2. The van der Waals surface area contributed by atoms with Gasteiger partial charge in [0.25, 0.3) is 10.2 Å². The number of hydrogen-bond donors (Lipinski definition) is 2. The third-order valence-corrected chi connectivity index (χ3v) is 2.93. The Morgan fingerprint density at radius 1 is 1.25 bits per heavy atom. The van der Waals surface area contributed by atoms with Gasteiger partial charge in [-0.25, -0.2) is 0 Å². The van der Waals surface area contributed by atoms with E-state index in [1.54, 1.807) is 12.1 Å². The molecule has 1 aromatic carbocycles. The molecule has 0 aliphatic rings. The van der Waals surface area contributed by atoms with Gasteiger partial charge in [0.05, 0.1) is 0 Å². The summed E-state index contributed by atoms with van der Waals surface area (Å²) in [6.45, 7) is 2.27. The van der Waals surface area contributed by atoms with Crippen LogP contribution in [0.4, 0.5) is 5.69 Å². The number of carbonyl (C=O) groups is 1. The molecule has 2 N–H and O–H groups in total. The van der Waals surface area contributed by atoms with Crippen molar-refractivity contribution in [3.05, 3.63) is 29.8 Å². The van der Waals surface area contributed by atoms with E-state index < -0.39 is 10.2 Å². The summed E-state index contributed by atoms with van der Waals surface area (Å²) in [6, 6.07) is 6.17. The molecule has 5 nitrogen and oxygen atoms in total. The number of hydrogen-bond acceptors (Lipinski definition) is 3. The van der Waals surface area contributed by atoms with Crippen LogP contribution in [0.25, 0.3) is 0 Å². The number of carbonyl (C=O) groups excluding carboxylic acids is 1. The van der Waals surface area contributed by atoms with Crippen LogP contribution in [0.3, 0.4) is 0 Å². The SMILES string of the molecule is CCCNS(=O)(=O)Nc1ccc(C=O)cc1. The Morgan fingerprint density at radius 3 is 2.38 bits per heavy atom. The van der Waals surface area contributed by atoms with Gasteiger partial charge in [0.1, 0.15) is 6.29 Å². The zero-order valence-corrected chi connectivity index (χ0v) is 9.75. The van der Waals surface area contributed by atoms with Crippen molar-refractivity contribution in [2.24, 2.45) is 0 Å². The smallest absolute Gasteiger partial charge is 0.298 e. The summed E-state index contributed by atoms with van der Waals surface area (Å²) in [5.74, 6) is 0. The van der Waals surface area contributed by atoms with Crippen LogP contribution in [0.15, 0.2) is 24.3 Å². The highest BCUT2D eigenvalue weighted by Gasteiger charge is 2.07. The summed E-state index contributed by atoms with van der Waals surface area (Å²) in [5, 5.41) is 0. The van der Waals surface area contributed by atoms with Crippen molar-refractivity contribution < 1.29 is 13.2 Å². The van der Waals surface area contributed by atoms with Crippen molar-refractivity contribution in [3.63, 3.8) is 0 Å². The summed E-state index contributed by atoms with van der Waals surface area (Å²) in [7, 11) is -3.50. The number of aldehydes is 1. The molecule has 0 amide bonds. The highest BCUT2D eigenvalue weighted by molar-refractivity contribution is 7.90. The van der Waals surface area contributed by atoms with E-state index >= 15 is 0 Å². The maximum absolute atomic E-state index is 11.4. The van der Waals surface area contributed by atoms with Crippen LogP contribution >= 0.6 is 0 Å². The van der Waals surface area contributed by atoms with Crippen molar-refractivity contribution >= 4 is 22.2 Å². The van der Waals surface area contributed by atoms with Gasteiger partial charge in [-0.2, -0.15) is 13.1 Å². The zero-order chi connectivity index (χ0) is 12.0. The van der Waals surface area contributed by atoms with Crippen LogP contribution in [-0.2, 0) is 10.2 Å². The first kappa shape index (κ1) is 12.7. The second-order valence-corrected chi connectivity index (χ2v) is 4.74. The van der Waals surface area contributed by atoms with Gasteiger partial charge < -0.3 is 0 Å². The molecule has 0 aliphatic heterocycles. The van der Waals surface area contributed by atoms with E-state index in [0.29, 0.717) is 24.1 Å². The van der Waals surface area contributed by atoms with E-state index in [4.69, 9.17) is 0 Å². The van der Waals surface area contributed by atoms with Gasteiger partial charge in [-0.3, -0.25) is 9.52 Å². The minimum absolute atomic E-state index is 0.391. The van der Waals surface area contributed by atoms with Gasteiger partial charge in [-0.15, -0.1) is 0 Å². The van der Waals surface area contributed by atoms with Gasteiger partial charge in [0.15, 0.2) is 0 Å². The second kappa shape index (κ2) is 5.62. The molecule has 0 spiro atoms. The first-order valence-electron chi connectivity index (χ1n) is 4.90. The normalized spacial score (nSPS) is 11.1. The summed E-state index contributed by atoms with van der Waals surface area (Å²) >= 11 is 0. The average molecular weight is 242 g/mol. The molecule has 16 heavy (non-hydrogen) atoms. The summed E-state index contributed by atoms with van der Waals surface area (Å²) in [5.41, 5.74) is 0.929. The predicted molar refractivity (Wildman–Crippen MR) is 62.7 cm³/mol. The Balaban J connectivity index is 2.68. The van der Waals surface area contributed by atoms with E-state index in [2.05, 4.69) is 9.44 Å². The predicted octanol–water partition coefficient (Wildman–Crippen LogP) is 1.16. The first-order chi connectivity index (χ1) is 7.57. The van der Waals surface area contributed by atoms with Gasteiger partial charge in [0, 0.05) is 17.8 Å². The minimum Gasteiger partial charge on any atom is -0.298 e. The number of benzene rings is 1. The molecule has 0 radical (unpaired) electrons. The highest BCUT2D eigenvalue weighted by Crippen LogP contribution is 2.09. The maximum atomic E-state index is 11.4. The van der Waals surface area contributed by atoms with Gasteiger partial charge in [0.2, 0.25) is 0 Å². The Labute approximate surface area is 95.0 Å². The van der Waals surface area contributed by atoms with Crippen molar-refractivity contribution in [2.45, 2.75) is 13.3 Å². The lowest BCUT2D eigenvalue weighted by Crippen LogP contribution is -2.30. The second-order valence-electron chi connectivity index (χ2n) is 3.24. The van der Waals surface area contributed by atoms with Crippen LogP contribution < -0.4 is 9.44 Å². The molecule has 0 bridgehead atoms. The fourth-order valence-corrected chi connectivity index (χ4v) is 2.05. The minimum atomic E-state index is -3.50. The fourth-order valence-electron chi connectivity index (χ4n) is 1.06. The van der Waals surface area contributed by atoms with Crippen LogP contribution in [0, 0.1) is 0 Å². The molecule has 0 fully saturated rings. The molecule has 88 valence electrons. The molecule has 0 aliphatic carbocycles. The molecule has 0 saturated heterocycles. The molecule has 1 rings (SSSR count). The maximum Gasteiger partial charge on any atom is 0.299 e. The van der Waals surface area contributed by atoms with E-state index in [-0.39, 0.29) is 0 Å². The number of anilines is 1. The van der Waals surface area contributed by atoms with Gasteiger partial charge in [-0.1, -0.05) is 6.92 Å². The van der Waals surface area contributed by atoms with Crippen LogP contribution in [0.2, 0.25) is 0 Å². The molecule has 0 unspecified atom stereocenters. The lowest BCUT2D eigenvalue weighted by Gasteiger charge is -2.08. The largest absolute Gasteiger partial charge is 0.299 e. The Morgan fingerprint density at radius 2 is 1.88 bits per heavy atom. The van der Waals surface area contributed by atoms with Crippen molar-refractivity contribution in [3.8, 4) is 0 Å². The average Bonchev–Trinajstić information content (AvgIpc) is 2.27. The van der Waals surface area contributed by atoms with Gasteiger partial charge in [-0.05, 0) is 30.7 Å². The molecule has 6 heteroatoms. The van der Waals surface area contributed by atoms with Crippen molar-refractivity contribution in [1.29, 1.82) is 0 Å². The van der Waals surface area contributed by atoms with E-state index in [0.717, 1.165) is 6.42 Å². The summed E-state index contributed by atoms with van der Waals surface area (Å²) in [4.78, 5) is 10.4. The van der Waals surface area contributed by atoms with Crippen molar-refractivity contribution in [1.82, 2.24) is 4.72 Å². The molecule has 1 aromatic rings. The third-order valence-electron chi connectivity index (χ3n) is 1.84. The van der Waals surface area contributed by atoms with Gasteiger partial charge >= 0.3 is 0 Å². The van der Waals surface area contributed by atoms with Crippen LogP contribution in [-0.4, -0.2) is 21.2 Å². The Hall–Kier alpha value is -1.40. The molecule has 0 heterocycles. The quantitative estimate of drug-likeness (QED) is 0.735. The van der Waals surface area contributed by atoms with Crippen molar-refractivity contribution in [2.75, 3.05) is 11.3 Å². The Kier molecular flexibility index (Phi) is 4.45. The monoisotopic (exact) mass is 242 g/mol. The number of nitrogens with one attached hydrogen (secondary N) is 2. The van der Waals surface area contributed by atoms with E-state index in [9.17, 15) is 13.2 Å². The number of rotatable bonds is 6. The third kappa shape index (κ3) is 4.00. The molecule has 0 saturated carbocycles. The molecule has 0 aromatic heterocycles. The lowest BCUT2D eigenvalue weighted by molar-refractivity contribution is 0.112. The van der Waals surface area contributed by atoms with E-state index in [1.807, 2.05) is 6.92 Å². The topological polar surface area (TPSA) is 75.3 Å². The molecular weight excluding hydrogens is 228 g/mol. The molecule has 0 atom stereocenters. The zero-order valence-electron chi connectivity index (χ0n) is 8.93. The Bertz CT molecular complexity index is 440.